The van der Waals surface area contributed by atoms with Crippen molar-refractivity contribution in [3.63, 3.8) is 0 Å². The normalized spacial score (nSPS) is 23.0. The third-order valence-corrected chi connectivity index (χ3v) is 3.23. The molecule has 2 atom stereocenters. The Bertz CT molecular complexity index is 585. The molecule has 8 heteroatoms. The minimum atomic E-state index is 0.140. The second-order valence-corrected chi connectivity index (χ2v) is 4.91. The highest BCUT2D eigenvalue weighted by atomic mass is 16.5. The summed E-state index contributed by atoms with van der Waals surface area (Å²) in [5.74, 6) is 1.24. The summed E-state index contributed by atoms with van der Waals surface area (Å²) in [5, 5.41) is 0. The summed E-state index contributed by atoms with van der Waals surface area (Å²) >= 11 is 0. The van der Waals surface area contributed by atoms with E-state index in [1.54, 1.807) is 23.3 Å². The zero-order chi connectivity index (χ0) is 14.1. The molecule has 0 spiro atoms. The van der Waals surface area contributed by atoms with Gasteiger partial charge in [0.25, 0.3) is 0 Å². The first-order valence-electron chi connectivity index (χ1n) is 6.51. The Morgan fingerprint density at radius 2 is 2.05 bits per heavy atom. The van der Waals surface area contributed by atoms with Crippen LogP contribution in [0.4, 0.5) is 11.9 Å². The quantitative estimate of drug-likeness (QED) is 0.839. The van der Waals surface area contributed by atoms with E-state index in [0.717, 1.165) is 6.54 Å². The molecule has 20 heavy (non-hydrogen) atoms. The molecule has 0 bridgehead atoms. The predicted molar refractivity (Wildman–Crippen MR) is 73.6 cm³/mol. The van der Waals surface area contributed by atoms with Crippen LogP contribution in [0.15, 0.2) is 18.7 Å². The fraction of sp³-hybridized carbons (Fsp3) is 0.500. The van der Waals surface area contributed by atoms with Crippen molar-refractivity contribution in [2.45, 2.75) is 26.0 Å². The molecule has 0 radical (unpaired) electrons. The van der Waals surface area contributed by atoms with Crippen molar-refractivity contribution in [1.29, 1.82) is 0 Å². The number of nitrogens with zero attached hydrogens (tertiary/aromatic N) is 6. The van der Waals surface area contributed by atoms with Gasteiger partial charge in [0, 0.05) is 18.9 Å². The lowest BCUT2D eigenvalue weighted by Gasteiger charge is -2.36. The number of rotatable bonds is 2. The molecule has 8 nitrogen and oxygen atoms in total. The molecule has 1 aliphatic heterocycles. The SMILES string of the molecule is CC1CN(c2nc(N)nc(-n3ccnc3)n2)C(C)CO1. The number of aromatic nitrogens is 5. The summed E-state index contributed by atoms with van der Waals surface area (Å²) in [6.07, 6.45) is 5.20. The second-order valence-electron chi connectivity index (χ2n) is 4.91. The maximum Gasteiger partial charge on any atom is 0.241 e. The maximum absolute atomic E-state index is 5.80. The van der Waals surface area contributed by atoms with Gasteiger partial charge in [0.2, 0.25) is 17.8 Å². The topological polar surface area (TPSA) is 95.0 Å². The Balaban J connectivity index is 1.97. The van der Waals surface area contributed by atoms with E-state index < -0.39 is 0 Å². The summed E-state index contributed by atoms with van der Waals surface area (Å²) in [7, 11) is 0. The molecule has 2 unspecified atom stereocenters. The Hall–Kier alpha value is -2.22. The summed E-state index contributed by atoms with van der Waals surface area (Å²) in [5.41, 5.74) is 5.80. The standard InChI is InChI=1S/C12H17N7O/c1-8-6-20-9(2)5-19(8)12-16-10(13)15-11(17-12)18-4-3-14-7-18/h3-4,7-9H,5-6H2,1-2H3,(H2,13,15,16,17). The van der Waals surface area contributed by atoms with Crippen molar-refractivity contribution < 1.29 is 4.74 Å². The van der Waals surface area contributed by atoms with E-state index in [1.165, 1.54) is 0 Å². The smallest absolute Gasteiger partial charge is 0.241 e. The van der Waals surface area contributed by atoms with Crippen LogP contribution in [0.25, 0.3) is 5.95 Å². The summed E-state index contributed by atoms with van der Waals surface area (Å²) in [6.45, 7) is 5.48. The van der Waals surface area contributed by atoms with Crippen molar-refractivity contribution in [1.82, 2.24) is 24.5 Å². The number of anilines is 2. The van der Waals surface area contributed by atoms with Gasteiger partial charge >= 0.3 is 0 Å². The lowest BCUT2D eigenvalue weighted by molar-refractivity contribution is 0.0337. The van der Waals surface area contributed by atoms with Crippen LogP contribution in [0.5, 0.6) is 0 Å². The van der Waals surface area contributed by atoms with Gasteiger partial charge in [0.1, 0.15) is 6.33 Å². The summed E-state index contributed by atoms with van der Waals surface area (Å²) < 4.78 is 7.32. The van der Waals surface area contributed by atoms with E-state index in [9.17, 15) is 0 Å². The van der Waals surface area contributed by atoms with Gasteiger partial charge in [-0.05, 0) is 13.8 Å². The van der Waals surface area contributed by atoms with Gasteiger partial charge in [0.05, 0.1) is 18.8 Å². The predicted octanol–water partition coefficient (Wildman–Crippen LogP) is 0.253. The number of nitrogens with two attached hydrogens (primary N) is 1. The van der Waals surface area contributed by atoms with Crippen molar-refractivity contribution in [2.75, 3.05) is 23.8 Å². The molecule has 106 valence electrons. The molecule has 1 fully saturated rings. The van der Waals surface area contributed by atoms with Gasteiger partial charge in [-0.1, -0.05) is 0 Å². The minimum Gasteiger partial charge on any atom is -0.375 e. The number of nitrogen functional groups attached to an aromatic ring is 1. The van der Waals surface area contributed by atoms with Crippen molar-refractivity contribution >= 4 is 11.9 Å². The fourth-order valence-corrected chi connectivity index (χ4v) is 2.17. The van der Waals surface area contributed by atoms with Crippen LogP contribution in [0.3, 0.4) is 0 Å². The molecule has 3 rings (SSSR count). The van der Waals surface area contributed by atoms with Gasteiger partial charge in [-0.25, -0.2) is 4.98 Å². The largest absolute Gasteiger partial charge is 0.375 e. The number of ether oxygens (including phenoxy) is 1. The molecule has 1 saturated heterocycles. The zero-order valence-corrected chi connectivity index (χ0v) is 11.5. The summed E-state index contributed by atoms with van der Waals surface area (Å²) in [4.78, 5) is 18.9. The first kappa shape index (κ1) is 12.8. The Morgan fingerprint density at radius 1 is 1.25 bits per heavy atom. The number of imidazole rings is 1. The number of hydrogen-bond donors (Lipinski definition) is 1. The molecule has 2 N–H and O–H groups in total. The number of morpholine rings is 1. The molecular weight excluding hydrogens is 258 g/mol. The van der Waals surface area contributed by atoms with Crippen molar-refractivity contribution in [3.05, 3.63) is 18.7 Å². The van der Waals surface area contributed by atoms with E-state index in [-0.39, 0.29) is 18.1 Å². The molecule has 2 aromatic rings. The van der Waals surface area contributed by atoms with E-state index in [0.29, 0.717) is 18.5 Å². The van der Waals surface area contributed by atoms with Crippen LogP contribution in [0.1, 0.15) is 13.8 Å². The molecule has 0 saturated carbocycles. The van der Waals surface area contributed by atoms with Gasteiger partial charge < -0.3 is 15.4 Å². The first-order chi connectivity index (χ1) is 9.63. The third kappa shape index (κ3) is 2.42. The molecule has 2 aromatic heterocycles. The average Bonchev–Trinajstić information content (AvgIpc) is 2.95. The van der Waals surface area contributed by atoms with Gasteiger partial charge in [0.15, 0.2) is 0 Å². The molecule has 1 aliphatic rings. The van der Waals surface area contributed by atoms with Crippen LogP contribution in [0, 0.1) is 0 Å². The minimum absolute atomic E-state index is 0.140. The van der Waals surface area contributed by atoms with Crippen LogP contribution in [-0.2, 0) is 4.74 Å². The Labute approximate surface area is 116 Å². The highest BCUT2D eigenvalue weighted by Crippen LogP contribution is 2.19. The first-order valence-corrected chi connectivity index (χ1v) is 6.51. The van der Waals surface area contributed by atoms with Crippen LogP contribution < -0.4 is 10.6 Å². The molecule has 0 aliphatic carbocycles. The van der Waals surface area contributed by atoms with Gasteiger partial charge in [-0.3, -0.25) is 4.57 Å². The van der Waals surface area contributed by atoms with Crippen molar-refractivity contribution in [3.8, 4) is 5.95 Å². The Morgan fingerprint density at radius 3 is 2.80 bits per heavy atom. The van der Waals surface area contributed by atoms with Gasteiger partial charge in [-0.15, -0.1) is 0 Å². The lowest BCUT2D eigenvalue weighted by atomic mass is 10.2. The maximum atomic E-state index is 5.80. The zero-order valence-electron chi connectivity index (χ0n) is 11.5. The van der Waals surface area contributed by atoms with E-state index in [2.05, 4.69) is 31.8 Å². The molecule has 0 aromatic carbocycles. The fourth-order valence-electron chi connectivity index (χ4n) is 2.17. The molecule has 3 heterocycles. The van der Waals surface area contributed by atoms with Crippen LogP contribution in [-0.4, -0.2) is 49.8 Å². The van der Waals surface area contributed by atoms with Crippen LogP contribution in [0.2, 0.25) is 0 Å². The highest BCUT2D eigenvalue weighted by Gasteiger charge is 2.26. The molecule has 0 amide bonds. The number of hydrogen-bond acceptors (Lipinski definition) is 7. The van der Waals surface area contributed by atoms with Crippen LogP contribution >= 0.6 is 0 Å². The monoisotopic (exact) mass is 275 g/mol. The highest BCUT2D eigenvalue weighted by molar-refractivity contribution is 5.39. The van der Waals surface area contributed by atoms with E-state index >= 15 is 0 Å². The van der Waals surface area contributed by atoms with Gasteiger partial charge in [-0.2, -0.15) is 15.0 Å². The molecular formula is C12H17N7O. The summed E-state index contributed by atoms with van der Waals surface area (Å²) in [6, 6.07) is 0.198. The Kier molecular flexibility index (Phi) is 3.23. The van der Waals surface area contributed by atoms with E-state index in [4.69, 9.17) is 10.5 Å². The van der Waals surface area contributed by atoms with Crippen molar-refractivity contribution in [2.24, 2.45) is 0 Å². The third-order valence-electron chi connectivity index (χ3n) is 3.23. The second kappa shape index (κ2) is 5.04. The lowest BCUT2D eigenvalue weighted by Crippen LogP contribution is -2.48. The average molecular weight is 275 g/mol. The van der Waals surface area contributed by atoms with E-state index in [1.807, 2.05) is 6.92 Å².